The molecule has 0 amide bonds. The Bertz CT molecular complexity index is 1230. The van der Waals surface area contributed by atoms with Crippen LogP contribution in [0.3, 0.4) is 0 Å². The van der Waals surface area contributed by atoms with Gasteiger partial charge in [-0.15, -0.1) is 0 Å². The summed E-state index contributed by atoms with van der Waals surface area (Å²) < 4.78 is 10.9. The highest BCUT2D eigenvalue weighted by molar-refractivity contribution is 5.67. The molecule has 202 valence electrons. The molecule has 10 nitrogen and oxygen atoms in total. The van der Waals surface area contributed by atoms with Crippen LogP contribution < -0.4 is 20.0 Å². The molecule has 0 saturated carbocycles. The Morgan fingerprint density at radius 2 is 1.76 bits per heavy atom. The second kappa shape index (κ2) is 11.9. The van der Waals surface area contributed by atoms with Gasteiger partial charge in [-0.2, -0.15) is 4.98 Å². The molecule has 1 N–H and O–H groups in total. The Kier molecular flexibility index (Phi) is 8.21. The first-order valence-corrected chi connectivity index (χ1v) is 13.2. The number of hydrogen-bond acceptors (Lipinski definition) is 10. The van der Waals surface area contributed by atoms with Gasteiger partial charge < -0.3 is 34.4 Å². The standard InChI is InChI=1S/C28H38N8O2/c1-21-5-6-22(20-37-4)17-24(21)34(3)26-7-8-29-28(32-26)31-25-18-23(35-11-9-33(2)10-12-35)19-27(30-25)36-13-15-38-16-14-36/h5-8,17-19H,9-16,20H2,1-4H3,(H,29,30,31,32). The van der Waals surface area contributed by atoms with Crippen molar-refractivity contribution in [1.29, 1.82) is 0 Å². The molecular weight excluding hydrogens is 480 g/mol. The molecule has 0 unspecified atom stereocenters. The Morgan fingerprint density at radius 3 is 2.53 bits per heavy atom. The van der Waals surface area contributed by atoms with Crippen LogP contribution in [0.25, 0.3) is 0 Å². The van der Waals surface area contributed by atoms with E-state index >= 15 is 0 Å². The first kappa shape index (κ1) is 26.1. The van der Waals surface area contributed by atoms with E-state index in [1.54, 1.807) is 13.3 Å². The summed E-state index contributed by atoms with van der Waals surface area (Å²) in [6.45, 7) is 9.82. The monoisotopic (exact) mass is 518 g/mol. The molecular formula is C28H38N8O2. The van der Waals surface area contributed by atoms with Gasteiger partial charge in [-0.3, -0.25) is 0 Å². The fourth-order valence-electron chi connectivity index (χ4n) is 4.87. The molecule has 2 aliphatic heterocycles. The van der Waals surface area contributed by atoms with Gasteiger partial charge in [0.2, 0.25) is 5.95 Å². The lowest BCUT2D eigenvalue weighted by Crippen LogP contribution is -2.44. The Balaban J connectivity index is 1.41. The first-order valence-electron chi connectivity index (χ1n) is 13.2. The molecule has 1 aromatic carbocycles. The van der Waals surface area contributed by atoms with E-state index in [2.05, 4.69) is 74.2 Å². The van der Waals surface area contributed by atoms with Gasteiger partial charge in [-0.1, -0.05) is 12.1 Å². The highest BCUT2D eigenvalue weighted by Crippen LogP contribution is 2.30. The van der Waals surface area contributed by atoms with E-state index in [1.807, 2.05) is 13.1 Å². The maximum atomic E-state index is 5.57. The van der Waals surface area contributed by atoms with Crippen molar-refractivity contribution < 1.29 is 9.47 Å². The lowest BCUT2D eigenvalue weighted by atomic mass is 10.1. The van der Waals surface area contributed by atoms with Gasteiger partial charge in [0, 0.05) is 83.1 Å². The predicted octanol–water partition coefficient (Wildman–Crippen LogP) is 3.43. The summed E-state index contributed by atoms with van der Waals surface area (Å²) in [6, 6.07) is 12.6. The number of hydrogen-bond donors (Lipinski definition) is 1. The minimum atomic E-state index is 0.510. The number of piperazine rings is 1. The average Bonchev–Trinajstić information content (AvgIpc) is 2.95. The number of aromatic nitrogens is 3. The predicted molar refractivity (Wildman–Crippen MR) is 152 cm³/mol. The summed E-state index contributed by atoms with van der Waals surface area (Å²) in [4.78, 5) is 23.5. The molecule has 38 heavy (non-hydrogen) atoms. The Labute approximate surface area is 225 Å². The van der Waals surface area contributed by atoms with Gasteiger partial charge in [-0.25, -0.2) is 9.97 Å². The van der Waals surface area contributed by atoms with Crippen LogP contribution >= 0.6 is 0 Å². The zero-order valence-electron chi connectivity index (χ0n) is 22.9. The summed E-state index contributed by atoms with van der Waals surface area (Å²) in [5.74, 6) is 2.99. The molecule has 3 aromatic rings. The molecule has 2 saturated heterocycles. The lowest BCUT2D eigenvalue weighted by Gasteiger charge is -2.35. The number of rotatable bonds is 8. The van der Waals surface area contributed by atoms with Crippen molar-refractivity contribution in [3.63, 3.8) is 0 Å². The molecule has 2 aromatic heterocycles. The van der Waals surface area contributed by atoms with E-state index in [-0.39, 0.29) is 0 Å². The minimum absolute atomic E-state index is 0.510. The summed E-state index contributed by atoms with van der Waals surface area (Å²) in [7, 11) is 5.91. The Morgan fingerprint density at radius 1 is 0.974 bits per heavy atom. The summed E-state index contributed by atoms with van der Waals surface area (Å²) >= 11 is 0. The SMILES string of the molecule is COCc1ccc(C)c(N(C)c2ccnc(Nc3cc(N4CCN(C)CC4)cc(N4CCOCC4)n3)n2)c1. The van der Waals surface area contributed by atoms with Crippen LogP contribution in [0.5, 0.6) is 0 Å². The summed E-state index contributed by atoms with van der Waals surface area (Å²) in [5.41, 5.74) is 4.52. The van der Waals surface area contributed by atoms with E-state index in [1.165, 1.54) is 0 Å². The van der Waals surface area contributed by atoms with Gasteiger partial charge in [0.05, 0.1) is 19.8 Å². The van der Waals surface area contributed by atoms with Crippen molar-refractivity contribution in [2.45, 2.75) is 13.5 Å². The number of methoxy groups -OCH3 is 1. The number of morpholine rings is 1. The van der Waals surface area contributed by atoms with E-state index in [0.717, 1.165) is 79.2 Å². The van der Waals surface area contributed by atoms with Gasteiger partial charge in [0.25, 0.3) is 0 Å². The van der Waals surface area contributed by atoms with Gasteiger partial charge in [-0.05, 0) is 37.2 Å². The van der Waals surface area contributed by atoms with Gasteiger partial charge >= 0.3 is 0 Å². The summed E-state index contributed by atoms with van der Waals surface area (Å²) in [6.07, 6.45) is 1.78. The van der Waals surface area contributed by atoms with E-state index in [0.29, 0.717) is 25.8 Å². The number of nitrogens with one attached hydrogen (secondary N) is 1. The smallest absolute Gasteiger partial charge is 0.230 e. The van der Waals surface area contributed by atoms with Gasteiger partial charge in [0.1, 0.15) is 17.5 Å². The van der Waals surface area contributed by atoms with Crippen molar-refractivity contribution >= 4 is 34.8 Å². The number of benzene rings is 1. The number of pyridine rings is 1. The van der Waals surface area contributed by atoms with Gasteiger partial charge in [0.15, 0.2) is 0 Å². The third-order valence-electron chi connectivity index (χ3n) is 7.17. The fraction of sp³-hybridized carbons (Fsp3) is 0.464. The maximum absolute atomic E-state index is 5.57. The topological polar surface area (TPSA) is 82.1 Å². The zero-order valence-corrected chi connectivity index (χ0v) is 22.9. The molecule has 2 aliphatic rings. The van der Waals surface area contributed by atoms with Crippen molar-refractivity contribution in [1.82, 2.24) is 19.9 Å². The van der Waals surface area contributed by atoms with E-state index in [9.17, 15) is 0 Å². The van der Waals surface area contributed by atoms with Crippen molar-refractivity contribution in [3.8, 4) is 0 Å². The van der Waals surface area contributed by atoms with Crippen LogP contribution in [-0.2, 0) is 16.1 Å². The normalized spacial score (nSPS) is 16.5. The molecule has 0 atom stereocenters. The largest absolute Gasteiger partial charge is 0.380 e. The number of nitrogens with zero attached hydrogens (tertiary/aromatic N) is 7. The van der Waals surface area contributed by atoms with Crippen molar-refractivity contribution in [2.75, 3.05) is 93.7 Å². The minimum Gasteiger partial charge on any atom is -0.380 e. The average molecular weight is 519 g/mol. The van der Waals surface area contributed by atoms with Crippen LogP contribution in [0, 0.1) is 6.92 Å². The number of aryl methyl sites for hydroxylation is 1. The molecule has 2 fully saturated rings. The molecule has 0 spiro atoms. The maximum Gasteiger partial charge on any atom is 0.230 e. The second-order valence-corrected chi connectivity index (χ2v) is 9.93. The zero-order chi connectivity index (χ0) is 26.5. The lowest BCUT2D eigenvalue weighted by molar-refractivity contribution is 0.122. The van der Waals surface area contributed by atoms with Crippen LogP contribution in [0.15, 0.2) is 42.6 Å². The molecule has 0 bridgehead atoms. The van der Waals surface area contributed by atoms with Crippen LogP contribution in [-0.4, -0.2) is 93.5 Å². The Hall–Kier alpha value is -3.47. The summed E-state index contributed by atoms with van der Waals surface area (Å²) in [5, 5.41) is 3.39. The van der Waals surface area contributed by atoms with Crippen molar-refractivity contribution in [2.24, 2.45) is 0 Å². The third kappa shape index (κ3) is 6.15. The van der Waals surface area contributed by atoms with Crippen LogP contribution in [0.2, 0.25) is 0 Å². The first-order chi connectivity index (χ1) is 18.5. The van der Waals surface area contributed by atoms with E-state index < -0.39 is 0 Å². The molecule has 4 heterocycles. The highest BCUT2D eigenvalue weighted by Gasteiger charge is 2.20. The quantitative estimate of drug-likeness (QED) is 0.479. The number of ether oxygens (including phenoxy) is 2. The molecule has 10 heteroatoms. The van der Waals surface area contributed by atoms with Crippen LogP contribution in [0.4, 0.5) is 34.8 Å². The molecule has 0 aliphatic carbocycles. The molecule has 0 radical (unpaired) electrons. The number of anilines is 6. The fourth-order valence-corrected chi connectivity index (χ4v) is 4.87. The van der Waals surface area contributed by atoms with E-state index in [4.69, 9.17) is 19.4 Å². The second-order valence-electron chi connectivity index (χ2n) is 9.93. The third-order valence-corrected chi connectivity index (χ3v) is 7.17. The molecule has 5 rings (SSSR count). The van der Waals surface area contributed by atoms with Crippen LogP contribution in [0.1, 0.15) is 11.1 Å². The van der Waals surface area contributed by atoms with Crippen molar-refractivity contribution in [3.05, 3.63) is 53.7 Å². The number of likely N-dealkylation sites (N-methyl/N-ethyl adjacent to an activating group) is 1. The highest BCUT2D eigenvalue weighted by atomic mass is 16.5.